The van der Waals surface area contributed by atoms with Crippen molar-refractivity contribution in [1.29, 1.82) is 0 Å². The minimum Gasteiger partial charge on any atom is -0.493 e. The Kier molecular flexibility index (Phi) is 4.74. The van der Waals surface area contributed by atoms with Gasteiger partial charge in [-0.2, -0.15) is 0 Å². The van der Waals surface area contributed by atoms with Crippen LogP contribution < -0.4 is 9.47 Å². The highest BCUT2D eigenvalue weighted by atomic mass is 79.9. The van der Waals surface area contributed by atoms with Gasteiger partial charge in [-0.3, -0.25) is 0 Å². The normalized spacial score (nSPS) is 10.1. The van der Waals surface area contributed by atoms with Crippen LogP contribution in [-0.4, -0.2) is 25.2 Å². The Hall–Kier alpha value is -2.15. The number of hydrogen-bond acceptors (Lipinski definition) is 5. The van der Waals surface area contributed by atoms with Gasteiger partial charge in [0.2, 0.25) is 5.88 Å². The molecule has 0 saturated carbocycles. The standard InChI is InChI=1S/C14H11BrFNO4/c1-19-12-6-9(16)3-4-11(12)21-13-10(14(18)20-2)5-8(15)7-17-13/h3-7H,1-2H3. The van der Waals surface area contributed by atoms with Crippen molar-refractivity contribution >= 4 is 21.9 Å². The van der Waals surface area contributed by atoms with Crippen LogP contribution in [0.25, 0.3) is 0 Å². The van der Waals surface area contributed by atoms with Gasteiger partial charge in [0.1, 0.15) is 11.4 Å². The van der Waals surface area contributed by atoms with Crippen molar-refractivity contribution in [3.05, 3.63) is 46.3 Å². The van der Waals surface area contributed by atoms with Gasteiger partial charge >= 0.3 is 5.97 Å². The predicted octanol–water partition coefficient (Wildman–Crippen LogP) is 3.57. The Morgan fingerprint density at radius 2 is 2.00 bits per heavy atom. The predicted molar refractivity (Wildman–Crippen MR) is 76.3 cm³/mol. The SMILES string of the molecule is COC(=O)c1cc(Br)cnc1Oc1ccc(F)cc1OC. The van der Waals surface area contributed by atoms with Gasteiger partial charge in [-0.05, 0) is 34.1 Å². The summed E-state index contributed by atoms with van der Waals surface area (Å²) in [5.41, 5.74) is 0.137. The lowest BCUT2D eigenvalue weighted by Gasteiger charge is -2.12. The summed E-state index contributed by atoms with van der Waals surface area (Å²) >= 11 is 3.22. The molecule has 7 heteroatoms. The Bertz CT molecular complexity index is 678. The van der Waals surface area contributed by atoms with Crippen LogP contribution in [0.2, 0.25) is 0 Å². The average molecular weight is 356 g/mol. The van der Waals surface area contributed by atoms with Crippen LogP contribution in [-0.2, 0) is 4.74 Å². The van der Waals surface area contributed by atoms with E-state index in [1.165, 1.54) is 44.7 Å². The van der Waals surface area contributed by atoms with Crippen LogP contribution in [0.3, 0.4) is 0 Å². The second-order valence-corrected chi connectivity index (χ2v) is 4.81. The monoisotopic (exact) mass is 355 g/mol. The summed E-state index contributed by atoms with van der Waals surface area (Å²) in [5, 5.41) is 0. The van der Waals surface area contributed by atoms with E-state index in [0.29, 0.717) is 4.47 Å². The zero-order chi connectivity index (χ0) is 15.4. The maximum Gasteiger partial charge on any atom is 0.343 e. The van der Waals surface area contributed by atoms with Gasteiger partial charge in [0.05, 0.1) is 14.2 Å². The topological polar surface area (TPSA) is 57.7 Å². The van der Waals surface area contributed by atoms with Crippen LogP contribution in [0, 0.1) is 5.82 Å². The van der Waals surface area contributed by atoms with Crippen LogP contribution in [0.15, 0.2) is 34.9 Å². The van der Waals surface area contributed by atoms with Crippen molar-refractivity contribution in [3.8, 4) is 17.4 Å². The van der Waals surface area contributed by atoms with Crippen molar-refractivity contribution in [2.75, 3.05) is 14.2 Å². The van der Waals surface area contributed by atoms with Crippen LogP contribution in [0.4, 0.5) is 4.39 Å². The number of carbonyl (C=O) groups excluding carboxylic acids is 1. The van der Waals surface area contributed by atoms with Gasteiger partial charge in [-0.1, -0.05) is 0 Å². The van der Waals surface area contributed by atoms with E-state index in [-0.39, 0.29) is 22.9 Å². The third-order valence-electron chi connectivity index (χ3n) is 2.56. The molecule has 0 N–H and O–H groups in total. The van der Waals surface area contributed by atoms with E-state index in [0.717, 1.165) is 0 Å². The second kappa shape index (κ2) is 6.53. The van der Waals surface area contributed by atoms with Gasteiger partial charge in [0.25, 0.3) is 0 Å². The molecule has 110 valence electrons. The molecule has 0 radical (unpaired) electrons. The first-order chi connectivity index (χ1) is 10.0. The highest BCUT2D eigenvalue weighted by molar-refractivity contribution is 9.10. The first-order valence-corrected chi connectivity index (χ1v) is 6.59. The summed E-state index contributed by atoms with van der Waals surface area (Å²) in [6.45, 7) is 0. The van der Waals surface area contributed by atoms with E-state index in [9.17, 15) is 9.18 Å². The van der Waals surface area contributed by atoms with Crippen molar-refractivity contribution in [2.24, 2.45) is 0 Å². The molecule has 0 atom stereocenters. The first-order valence-electron chi connectivity index (χ1n) is 5.80. The van der Waals surface area contributed by atoms with Crippen molar-refractivity contribution in [1.82, 2.24) is 4.98 Å². The Labute approximate surface area is 128 Å². The van der Waals surface area contributed by atoms with Gasteiger partial charge < -0.3 is 14.2 Å². The third kappa shape index (κ3) is 3.49. The zero-order valence-corrected chi connectivity index (χ0v) is 12.8. The molecule has 0 spiro atoms. The lowest BCUT2D eigenvalue weighted by atomic mass is 10.2. The number of nitrogens with zero attached hydrogens (tertiary/aromatic N) is 1. The Balaban J connectivity index is 2.42. The first kappa shape index (κ1) is 15.2. The molecule has 1 aromatic heterocycles. The molecule has 0 bridgehead atoms. The third-order valence-corrected chi connectivity index (χ3v) is 2.99. The summed E-state index contributed by atoms with van der Waals surface area (Å²) in [4.78, 5) is 15.8. The fraction of sp³-hybridized carbons (Fsp3) is 0.143. The molecular formula is C14H11BrFNO4. The molecule has 1 aromatic carbocycles. The quantitative estimate of drug-likeness (QED) is 0.784. The van der Waals surface area contributed by atoms with Crippen molar-refractivity contribution < 1.29 is 23.4 Å². The van der Waals surface area contributed by atoms with E-state index in [1.54, 1.807) is 0 Å². The Morgan fingerprint density at radius 3 is 2.67 bits per heavy atom. The van der Waals surface area contributed by atoms with Gasteiger partial charge in [0, 0.05) is 16.7 Å². The van der Waals surface area contributed by atoms with E-state index in [4.69, 9.17) is 9.47 Å². The second-order valence-electron chi connectivity index (χ2n) is 3.90. The summed E-state index contributed by atoms with van der Waals surface area (Å²) in [5.74, 6) is -0.597. The highest BCUT2D eigenvalue weighted by Crippen LogP contribution is 2.33. The summed E-state index contributed by atoms with van der Waals surface area (Å²) < 4.78 is 29.0. The van der Waals surface area contributed by atoms with Crippen LogP contribution in [0.1, 0.15) is 10.4 Å². The van der Waals surface area contributed by atoms with Gasteiger partial charge in [-0.15, -0.1) is 0 Å². The maximum absolute atomic E-state index is 13.2. The molecule has 0 unspecified atom stereocenters. The number of ether oxygens (including phenoxy) is 3. The van der Waals surface area contributed by atoms with E-state index < -0.39 is 11.8 Å². The number of benzene rings is 1. The Morgan fingerprint density at radius 1 is 1.24 bits per heavy atom. The zero-order valence-electron chi connectivity index (χ0n) is 11.2. The molecule has 2 rings (SSSR count). The number of rotatable bonds is 4. The summed E-state index contributed by atoms with van der Waals surface area (Å²) in [6.07, 6.45) is 1.47. The molecule has 0 aliphatic carbocycles. The minimum atomic E-state index is -0.597. The van der Waals surface area contributed by atoms with Crippen LogP contribution >= 0.6 is 15.9 Å². The smallest absolute Gasteiger partial charge is 0.343 e. The van der Waals surface area contributed by atoms with Crippen molar-refractivity contribution in [2.45, 2.75) is 0 Å². The number of carbonyl (C=O) groups is 1. The minimum absolute atomic E-state index is 0.0370. The molecule has 1 heterocycles. The largest absolute Gasteiger partial charge is 0.493 e. The van der Waals surface area contributed by atoms with Gasteiger partial charge in [0.15, 0.2) is 11.5 Å². The molecular weight excluding hydrogens is 345 g/mol. The molecule has 5 nitrogen and oxygen atoms in total. The fourth-order valence-electron chi connectivity index (χ4n) is 1.59. The lowest BCUT2D eigenvalue weighted by Crippen LogP contribution is -2.05. The van der Waals surface area contributed by atoms with Crippen molar-refractivity contribution in [3.63, 3.8) is 0 Å². The van der Waals surface area contributed by atoms with E-state index in [1.807, 2.05) is 0 Å². The number of halogens is 2. The summed E-state index contributed by atoms with van der Waals surface area (Å²) in [6, 6.07) is 5.30. The van der Waals surface area contributed by atoms with E-state index in [2.05, 4.69) is 25.7 Å². The highest BCUT2D eigenvalue weighted by Gasteiger charge is 2.17. The fourth-order valence-corrected chi connectivity index (χ4v) is 1.93. The number of esters is 1. The number of hydrogen-bond donors (Lipinski definition) is 0. The number of aromatic nitrogens is 1. The molecule has 21 heavy (non-hydrogen) atoms. The summed E-state index contributed by atoms with van der Waals surface area (Å²) in [7, 11) is 2.64. The number of methoxy groups -OCH3 is 2. The lowest BCUT2D eigenvalue weighted by molar-refractivity contribution is 0.0597. The molecule has 0 fully saturated rings. The molecule has 0 amide bonds. The molecule has 0 aliphatic rings. The van der Waals surface area contributed by atoms with E-state index >= 15 is 0 Å². The maximum atomic E-state index is 13.2. The number of pyridine rings is 1. The molecule has 0 saturated heterocycles. The molecule has 0 aliphatic heterocycles. The molecule has 2 aromatic rings. The van der Waals surface area contributed by atoms with Crippen LogP contribution in [0.5, 0.6) is 17.4 Å². The average Bonchev–Trinajstić information content (AvgIpc) is 2.49. The van der Waals surface area contributed by atoms with Gasteiger partial charge in [-0.25, -0.2) is 14.2 Å².